The second kappa shape index (κ2) is 6.45. The van der Waals surface area contributed by atoms with Crippen molar-refractivity contribution in [2.24, 2.45) is 5.92 Å². The zero-order valence-corrected chi connectivity index (χ0v) is 13.4. The third kappa shape index (κ3) is 3.29. The summed E-state index contributed by atoms with van der Waals surface area (Å²) in [5, 5.41) is 3.77. The number of pyridine rings is 1. The molecule has 0 aromatic carbocycles. The minimum Gasteiger partial charge on any atom is -0.375 e. The molecular formula is C18H28N2O. The van der Waals surface area contributed by atoms with Gasteiger partial charge in [0.2, 0.25) is 0 Å². The third-order valence-electron chi connectivity index (χ3n) is 5.14. The molecule has 2 unspecified atom stereocenters. The molecule has 0 radical (unpaired) electrons. The Kier molecular flexibility index (Phi) is 4.60. The van der Waals surface area contributed by atoms with Crippen molar-refractivity contribution >= 4 is 0 Å². The lowest BCUT2D eigenvalue weighted by molar-refractivity contribution is -0.147. The molecule has 1 saturated heterocycles. The van der Waals surface area contributed by atoms with Gasteiger partial charge in [0.05, 0.1) is 5.60 Å². The fraction of sp³-hybridized carbons (Fsp3) is 0.722. The molecule has 1 N–H and O–H groups in total. The normalized spacial score (nSPS) is 25.5. The first-order chi connectivity index (χ1) is 10.2. The Labute approximate surface area is 128 Å². The van der Waals surface area contributed by atoms with Crippen LogP contribution in [0.3, 0.4) is 0 Å². The summed E-state index contributed by atoms with van der Waals surface area (Å²) in [7, 11) is 0. The van der Waals surface area contributed by atoms with Gasteiger partial charge in [0, 0.05) is 25.0 Å². The minimum atomic E-state index is 0.215. The van der Waals surface area contributed by atoms with Crippen LogP contribution in [-0.2, 0) is 4.74 Å². The molecule has 2 fully saturated rings. The predicted molar refractivity (Wildman–Crippen MR) is 85.3 cm³/mol. The van der Waals surface area contributed by atoms with Crippen LogP contribution in [0.4, 0.5) is 0 Å². The number of hydrogen-bond acceptors (Lipinski definition) is 3. The topological polar surface area (TPSA) is 34.2 Å². The Balaban J connectivity index is 1.77. The van der Waals surface area contributed by atoms with Crippen LogP contribution in [-0.4, -0.2) is 23.7 Å². The number of rotatable bonds is 5. The van der Waals surface area contributed by atoms with E-state index in [2.05, 4.69) is 30.2 Å². The van der Waals surface area contributed by atoms with Crippen LogP contribution in [0.15, 0.2) is 18.5 Å². The molecule has 1 aliphatic heterocycles. The van der Waals surface area contributed by atoms with E-state index in [9.17, 15) is 0 Å². The molecule has 21 heavy (non-hydrogen) atoms. The standard InChI is InChI=1S/C18H28N2O/c1-3-8-20-17(16-10-14(2)12-19-13-16)15-5-9-21-18(11-15)6-4-7-18/h10,12-13,15,17,20H,3-9,11H2,1-2H3. The molecule has 0 bridgehead atoms. The van der Waals surface area contributed by atoms with E-state index in [0.29, 0.717) is 12.0 Å². The molecule has 2 aliphatic rings. The number of aryl methyl sites for hydroxylation is 1. The maximum atomic E-state index is 6.10. The smallest absolute Gasteiger partial charge is 0.0686 e. The van der Waals surface area contributed by atoms with Gasteiger partial charge < -0.3 is 10.1 Å². The fourth-order valence-corrected chi connectivity index (χ4v) is 3.87. The van der Waals surface area contributed by atoms with Gasteiger partial charge in [0.25, 0.3) is 0 Å². The van der Waals surface area contributed by atoms with Crippen LogP contribution in [0.5, 0.6) is 0 Å². The molecule has 1 aromatic rings. The summed E-state index contributed by atoms with van der Waals surface area (Å²) in [6.07, 6.45) is 11.4. The highest BCUT2D eigenvalue weighted by Gasteiger charge is 2.44. The lowest BCUT2D eigenvalue weighted by atomic mass is 9.69. The first-order valence-corrected chi connectivity index (χ1v) is 8.51. The minimum absolute atomic E-state index is 0.215. The van der Waals surface area contributed by atoms with Crippen LogP contribution < -0.4 is 5.32 Å². The highest BCUT2D eigenvalue weighted by atomic mass is 16.5. The Morgan fingerprint density at radius 3 is 2.95 bits per heavy atom. The summed E-state index contributed by atoms with van der Waals surface area (Å²) in [4.78, 5) is 4.41. The van der Waals surface area contributed by atoms with E-state index >= 15 is 0 Å². The van der Waals surface area contributed by atoms with Crippen molar-refractivity contribution in [3.8, 4) is 0 Å². The van der Waals surface area contributed by atoms with Crippen molar-refractivity contribution in [2.45, 2.75) is 64.0 Å². The second-order valence-corrected chi connectivity index (χ2v) is 6.87. The molecule has 1 saturated carbocycles. The van der Waals surface area contributed by atoms with Crippen molar-refractivity contribution in [2.75, 3.05) is 13.2 Å². The van der Waals surface area contributed by atoms with Gasteiger partial charge >= 0.3 is 0 Å². The van der Waals surface area contributed by atoms with Crippen LogP contribution in [0, 0.1) is 12.8 Å². The molecule has 3 heteroatoms. The van der Waals surface area contributed by atoms with Crippen LogP contribution in [0.1, 0.15) is 62.6 Å². The van der Waals surface area contributed by atoms with Crippen molar-refractivity contribution < 1.29 is 4.74 Å². The van der Waals surface area contributed by atoms with E-state index in [1.165, 1.54) is 43.2 Å². The zero-order valence-electron chi connectivity index (χ0n) is 13.4. The quantitative estimate of drug-likeness (QED) is 0.895. The number of hydrogen-bond donors (Lipinski definition) is 1. The van der Waals surface area contributed by atoms with Gasteiger partial charge in [-0.25, -0.2) is 0 Å². The fourth-order valence-electron chi connectivity index (χ4n) is 3.87. The third-order valence-corrected chi connectivity index (χ3v) is 5.14. The van der Waals surface area contributed by atoms with Gasteiger partial charge in [-0.3, -0.25) is 4.98 Å². The monoisotopic (exact) mass is 288 g/mol. The highest BCUT2D eigenvalue weighted by Crippen LogP contribution is 2.47. The Bertz CT molecular complexity index is 470. The van der Waals surface area contributed by atoms with Crippen molar-refractivity contribution in [3.63, 3.8) is 0 Å². The summed E-state index contributed by atoms with van der Waals surface area (Å²) in [6, 6.07) is 2.72. The summed E-state index contributed by atoms with van der Waals surface area (Å²) >= 11 is 0. The van der Waals surface area contributed by atoms with E-state index in [-0.39, 0.29) is 5.60 Å². The maximum Gasteiger partial charge on any atom is 0.0686 e. The predicted octanol–water partition coefficient (Wildman–Crippen LogP) is 3.78. The molecule has 0 amide bonds. The van der Waals surface area contributed by atoms with Gasteiger partial charge in [0.15, 0.2) is 0 Å². The van der Waals surface area contributed by atoms with Gasteiger partial charge in [-0.05, 0) is 69.0 Å². The van der Waals surface area contributed by atoms with Gasteiger partial charge in [-0.15, -0.1) is 0 Å². The average Bonchev–Trinajstić information content (AvgIpc) is 2.46. The van der Waals surface area contributed by atoms with Crippen molar-refractivity contribution in [1.29, 1.82) is 0 Å². The van der Waals surface area contributed by atoms with E-state index < -0.39 is 0 Å². The zero-order chi connectivity index (χ0) is 14.7. The molecule has 1 aromatic heterocycles. The SMILES string of the molecule is CCCNC(c1cncc(C)c1)C1CCOC2(CCC2)C1. The summed E-state index contributed by atoms with van der Waals surface area (Å²) < 4.78 is 6.10. The molecule has 2 atom stereocenters. The molecule has 2 heterocycles. The van der Waals surface area contributed by atoms with Crippen molar-refractivity contribution in [1.82, 2.24) is 10.3 Å². The molecule has 1 spiro atoms. The van der Waals surface area contributed by atoms with Gasteiger partial charge in [0.1, 0.15) is 0 Å². The Morgan fingerprint density at radius 1 is 1.43 bits per heavy atom. The van der Waals surface area contributed by atoms with E-state index in [4.69, 9.17) is 4.74 Å². The van der Waals surface area contributed by atoms with Crippen LogP contribution >= 0.6 is 0 Å². The van der Waals surface area contributed by atoms with Gasteiger partial charge in [-0.2, -0.15) is 0 Å². The molecule has 3 rings (SSSR count). The molecule has 3 nitrogen and oxygen atoms in total. The van der Waals surface area contributed by atoms with Crippen molar-refractivity contribution in [3.05, 3.63) is 29.6 Å². The van der Waals surface area contributed by atoms with E-state index in [1.807, 2.05) is 12.4 Å². The van der Waals surface area contributed by atoms with Gasteiger partial charge in [-0.1, -0.05) is 13.0 Å². The maximum absolute atomic E-state index is 6.10. The van der Waals surface area contributed by atoms with Crippen LogP contribution in [0.2, 0.25) is 0 Å². The second-order valence-electron chi connectivity index (χ2n) is 6.87. The highest BCUT2D eigenvalue weighted by molar-refractivity contribution is 5.21. The summed E-state index contributed by atoms with van der Waals surface area (Å²) in [5.74, 6) is 0.675. The number of ether oxygens (including phenoxy) is 1. The molecule has 116 valence electrons. The lowest BCUT2D eigenvalue weighted by Crippen LogP contribution is -2.48. The summed E-state index contributed by atoms with van der Waals surface area (Å²) in [6.45, 7) is 6.36. The first-order valence-electron chi connectivity index (χ1n) is 8.51. The molecule has 1 aliphatic carbocycles. The largest absolute Gasteiger partial charge is 0.375 e. The Hall–Kier alpha value is -0.930. The van der Waals surface area contributed by atoms with E-state index in [0.717, 1.165) is 19.6 Å². The number of aromatic nitrogens is 1. The number of nitrogens with one attached hydrogen (secondary N) is 1. The first kappa shape index (κ1) is 15.0. The lowest BCUT2D eigenvalue weighted by Gasteiger charge is -2.49. The van der Waals surface area contributed by atoms with E-state index in [1.54, 1.807) is 0 Å². The molecular weight excluding hydrogens is 260 g/mol. The summed E-state index contributed by atoms with van der Waals surface area (Å²) in [5.41, 5.74) is 2.82. The Morgan fingerprint density at radius 2 is 2.29 bits per heavy atom. The van der Waals surface area contributed by atoms with Crippen LogP contribution in [0.25, 0.3) is 0 Å². The average molecular weight is 288 g/mol. The number of nitrogens with zero attached hydrogens (tertiary/aromatic N) is 1.